The Bertz CT molecular complexity index is 885. The molecule has 0 radical (unpaired) electrons. The first-order chi connectivity index (χ1) is 17.6. The van der Waals surface area contributed by atoms with Gasteiger partial charge >= 0.3 is 5.97 Å². The summed E-state index contributed by atoms with van der Waals surface area (Å²) in [5, 5.41) is 16.6. The number of carboxylic acid groups (broad SMARTS) is 1. The topological polar surface area (TPSA) is 323 Å². The minimum absolute atomic E-state index is 0.0258. The maximum Gasteiger partial charge on any atom is 0.326 e. The molecule has 16 N–H and O–H groups in total. The average Bonchev–Trinajstić information content (AvgIpc) is 2.80. The number of carboxylic acids is 1. The number of aliphatic imine (C=N–C) groups is 2. The van der Waals surface area contributed by atoms with Crippen molar-refractivity contribution in [1.29, 1.82) is 0 Å². The molecule has 0 rings (SSSR count). The third-order valence-corrected chi connectivity index (χ3v) is 5.15. The molecule has 0 aromatic heterocycles. The Morgan fingerprint density at radius 1 is 0.737 bits per heavy atom. The number of carbonyl (C=O) groups is 5. The Morgan fingerprint density at radius 3 is 1.68 bits per heavy atom. The summed E-state index contributed by atoms with van der Waals surface area (Å²) < 4.78 is 0. The van der Waals surface area contributed by atoms with Crippen molar-refractivity contribution in [2.75, 3.05) is 13.1 Å². The van der Waals surface area contributed by atoms with Crippen LogP contribution in [0.2, 0.25) is 0 Å². The highest BCUT2D eigenvalue weighted by molar-refractivity contribution is 5.96. The lowest BCUT2D eigenvalue weighted by Gasteiger charge is -2.26. The molecule has 0 aromatic carbocycles. The maximum absolute atomic E-state index is 12.9. The van der Waals surface area contributed by atoms with E-state index in [9.17, 15) is 29.1 Å². The number of amides is 4. The van der Waals surface area contributed by atoms with Crippen LogP contribution in [0, 0.1) is 5.92 Å². The molecule has 17 nitrogen and oxygen atoms in total. The normalized spacial score (nSPS) is 13.8. The summed E-state index contributed by atoms with van der Waals surface area (Å²) in [6.07, 6.45) is 0.299. The van der Waals surface area contributed by atoms with Crippen LogP contribution in [0.25, 0.3) is 0 Å². The van der Waals surface area contributed by atoms with Gasteiger partial charge in [0.1, 0.15) is 18.1 Å². The molecular weight excluding hydrogens is 502 g/mol. The molecule has 216 valence electrons. The standard InChI is InChI=1S/C21H41N11O6/c1-10(2)15(18(36)30-12(19(37)38)6-4-8-29-21(26)27)32-17(35)13(9-14(23)33)31-16(34)11(22)5-3-7-28-20(24)25/h10-13,15H,3-9,22H2,1-2H3,(H2,23,33)(H,30,36)(H,31,34)(H,32,35)(H,37,38)(H4,24,25,28)(H4,26,27,29). The second-order valence-corrected chi connectivity index (χ2v) is 8.87. The summed E-state index contributed by atoms with van der Waals surface area (Å²) in [5.41, 5.74) is 32.0. The van der Waals surface area contributed by atoms with E-state index >= 15 is 0 Å². The van der Waals surface area contributed by atoms with Crippen LogP contribution < -0.4 is 50.4 Å². The molecule has 0 fully saturated rings. The number of carbonyl (C=O) groups excluding carboxylic acids is 4. The highest BCUT2D eigenvalue weighted by atomic mass is 16.4. The van der Waals surface area contributed by atoms with Crippen LogP contribution in [0.3, 0.4) is 0 Å². The van der Waals surface area contributed by atoms with Crippen LogP contribution in [-0.2, 0) is 24.0 Å². The van der Waals surface area contributed by atoms with Gasteiger partial charge in [-0.1, -0.05) is 13.8 Å². The lowest BCUT2D eigenvalue weighted by atomic mass is 10.0. The van der Waals surface area contributed by atoms with E-state index in [2.05, 4.69) is 25.9 Å². The summed E-state index contributed by atoms with van der Waals surface area (Å²) in [4.78, 5) is 68.9. The fourth-order valence-corrected chi connectivity index (χ4v) is 3.15. The Labute approximate surface area is 220 Å². The zero-order valence-corrected chi connectivity index (χ0v) is 21.7. The van der Waals surface area contributed by atoms with Gasteiger partial charge in [-0.3, -0.25) is 29.2 Å². The Hall–Kier alpha value is -4.15. The van der Waals surface area contributed by atoms with Gasteiger partial charge in [0.15, 0.2) is 11.9 Å². The van der Waals surface area contributed by atoms with E-state index in [0.29, 0.717) is 6.42 Å². The monoisotopic (exact) mass is 543 g/mol. The van der Waals surface area contributed by atoms with E-state index in [1.54, 1.807) is 13.8 Å². The molecule has 0 aliphatic carbocycles. The molecule has 0 spiro atoms. The van der Waals surface area contributed by atoms with Crippen molar-refractivity contribution in [1.82, 2.24) is 16.0 Å². The number of rotatable bonds is 18. The number of primary amides is 1. The molecule has 38 heavy (non-hydrogen) atoms. The number of guanidine groups is 2. The van der Waals surface area contributed by atoms with E-state index < -0.39 is 66.1 Å². The van der Waals surface area contributed by atoms with Gasteiger partial charge in [0.05, 0.1) is 12.5 Å². The Balaban J connectivity index is 5.33. The minimum Gasteiger partial charge on any atom is -0.480 e. The second kappa shape index (κ2) is 17.3. The van der Waals surface area contributed by atoms with Gasteiger partial charge < -0.3 is 55.5 Å². The SMILES string of the molecule is CC(C)C(NC(=O)C(CC(N)=O)NC(=O)C(N)CCCN=C(N)N)C(=O)NC(CCCN=C(N)N)C(=O)O. The van der Waals surface area contributed by atoms with Gasteiger partial charge in [0, 0.05) is 13.1 Å². The highest BCUT2D eigenvalue weighted by Gasteiger charge is 2.32. The first kappa shape index (κ1) is 33.8. The van der Waals surface area contributed by atoms with Crippen LogP contribution in [0.4, 0.5) is 0 Å². The van der Waals surface area contributed by atoms with Crippen molar-refractivity contribution < 1.29 is 29.1 Å². The molecular formula is C21H41N11O6. The molecule has 0 bridgehead atoms. The summed E-state index contributed by atoms with van der Waals surface area (Å²) in [6.45, 7) is 3.64. The zero-order chi connectivity index (χ0) is 29.4. The summed E-state index contributed by atoms with van der Waals surface area (Å²) >= 11 is 0. The summed E-state index contributed by atoms with van der Waals surface area (Å²) in [5.74, 6) is -5.29. The Kier molecular flexibility index (Phi) is 15.4. The molecule has 0 aliphatic rings. The maximum atomic E-state index is 12.9. The number of hydrogen-bond donors (Lipinski definition) is 10. The van der Waals surface area contributed by atoms with E-state index in [1.807, 2.05) is 0 Å². The van der Waals surface area contributed by atoms with Crippen LogP contribution >= 0.6 is 0 Å². The fourth-order valence-electron chi connectivity index (χ4n) is 3.15. The molecule has 0 aliphatic heterocycles. The van der Waals surface area contributed by atoms with Gasteiger partial charge in [-0.25, -0.2) is 4.79 Å². The van der Waals surface area contributed by atoms with E-state index in [0.717, 1.165) is 0 Å². The van der Waals surface area contributed by atoms with Gasteiger partial charge in [-0.2, -0.15) is 0 Å². The third-order valence-electron chi connectivity index (χ3n) is 5.15. The molecule has 4 unspecified atom stereocenters. The van der Waals surface area contributed by atoms with Crippen molar-refractivity contribution in [3.05, 3.63) is 0 Å². The zero-order valence-electron chi connectivity index (χ0n) is 21.7. The van der Waals surface area contributed by atoms with Gasteiger partial charge in [-0.05, 0) is 31.6 Å². The summed E-state index contributed by atoms with van der Waals surface area (Å²) in [6, 6.07) is -4.92. The number of nitrogens with two attached hydrogens (primary N) is 6. The van der Waals surface area contributed by atoms with Crippen molar-refractivity contribution in [2.45, 2.75) is 70.1 Å². The largest absolute Gasteiger partial charge is 0.480 e. The van der Waals surface area contributed by atoms with Gasteiger partial charge in [0.2, 0.25) is 23.6 Å². The van der Waals surface area contributed by atoms with Crippen LogP contribution in [0.1, 0.15) is 46.0 Å². The first-order valence-electron chi connectivity index (χ1n) is 11.9. The predicted molar refractivity (Wildman–Crippen MR) is 140 cm³/mol. The quantitative estimate of drug-likeness (QED) is 0.0446. The predicted octanol–water partition coefficient (Wildman–Crippen LogP) is -4.51. The minimum atomic E-state index is -1.42. The third kappa shape index (κ3) is 14.4. The Morgan fingerprint density at radius 2 is 1.24 bits per heavy atom. The van der Waals surface area contributed by atoms with E-state index in [4.69, 9.17) is 34.4 Å². The van der Waals surface area contributed by atoms with Crippen LogP contribution in [-0.4, -0.2) is 83.9 Å². The molecule has 0 saturated heterocycles. The van der Waals surface area contributed by atoms with E-state index in [-0.39, 0.29) is 44.3 Å². The fraction of sp³-hybridized carbons (Fsp3) is 0.667. The van der Waals surface area contributed by atoms with Crippen molar-refractivity contribution >= 4 is 41.5 Å². The number of nitrogens with one attached hydrogen (secondary N) is 3. The van der Waals surface area contributed by atoms with Crippen molar-refractivity contribution in [2.24, 2.45) is 50.3 Å². The lowest BCUT2D eigenvalue weighted by molar-refractivity contribution is -0.143. The van der Waals surface area contributed by atoms with Crippen LogP contribution in [0.5, 0.6) is 0 Å². The molecule has 4 amide bonds. The van der Waals surface area contributed by atoms with Crippen LogP contribution in [0.15, 0.2) is 9.98 Å². The van der Waals surface area contributed by atoms with E-state index in [1.165, 1.54) is 0 Å². The first-order valence-corrected chi connectivity index (χ1v) is 11.9. The average molecular weight is 544 g/mol. The molecule has 0 heterocycles. The number of aliphatic carboxylic acids is 1. The van der Waals surface area contributed by atoms with Crippen molar-refractivity contribution in [3.63, 3.8) is 0 Å². The number of hydrogen-bond acceptors (Lipinski definition) is 8. The molecule has 17 heteroatoms. The van der Waals surface area contributed by atoms with Gasteiger partial charge in [-0.15, -0.1) is 0 Å². The van der Waals surface area contributed by atoms with Gasteiger partial charge in [0.25, 0.3) is 0 Å². The highest BCUT2D eigenvalue weighted by Crippen LogP contribution is 2.07. The molecule has 4 atom stereocenters. The smallest absolute Gasteiger partial charge is 0.326 e. The number of nitrogens with zero attached hydrogens (tertiary/aromatic N) is 2. The molecule has 0 saturated carbocycles. The van der Waals surface area contributed by atoms with Crippen molar-refractivity contribution in [3.8, 4) is 0 Å². The second-order valence-electron chi connectivity index (χ2n) is 8.87. The summed E-state index contributed by atoms with van der Waals surface area (Å²) in [7, 11) is 0. The molecule has 0 aromatic rings. The lowest BCUT2D eigenvalue weighted by Crippen LogP contribution is -2.59.